The van der Waals surface area contributed by atoms with Gasteiger partial charge in [-0.05, 0) is 67.6 Å². The molecule has 1 aromatic heterocycles. The molecule has 1 aliphatic rings. The number of imide groups is 1. The molecule has 2 heterocycles. The lowest BCUT2D eigenvalue weighted by Crippen LogP contribution is -2.28. The third kappa shape index (κ3) is 3.67. The topological polar surface area (TPSA) is 94.7 Å². The lowest BCUT2D eigenvalue weighted by Gasteiger charge is -2.15. The summed E-state index contributed by atoms with van der Waals surface area (Å²) in [5.41, 5.74) is 3.71. The van der Waals surface area contributed by atoms with Gasteiger partial charge in [0.15, 0.2) is 0 Å². The lowest BCUT2D eigenvalue weighted by molar-refractivity contribution is -0.384. The highest BCUT2D eigenvalue weighted by molar-refractivity contribution is 8.19. The Morgan fingerprint density at radius 1 is 1.06 bits per heavy atom. The summed E-state index contributed by atoms with van der Waals surface area (Å²) in [6.45, 7) is 3.80. The van der Waals surface area contributed by atoms with E-state index in [1.165, 1.54) is 19.2 Å². The van der Waals surface area contributed by atoms with Crippen LogP contribution in [0.3, 0.4) is 0 Å². The number of carbonyl (C=O) groups is 2. The van der Waals surface area contributed by atoms with Crippen LogP contribution in [0, 0.1) is 24.0 Å². The highest BCUT2D eigenvalue weighted by Crippen LogP contribution is 2.40. The molecule has 2 amide bonds. The van der Waals surface area contributed by atoms with Crippen molar-refractivity contribution in [2.24, 2.45) is 0 Å². The van der Waals surface area contributed by atoms with E-state index in [1.807, 2.05) is 24.5 Å². The third-order valence-corrected chi connectivity index (χ3v) is 6.06. The van der Waals surface area contributed by atoms with Crippen LogP contribution in [0.2, 0.25) is 0 Å². The Labute approximate surface area is 188 Å². The van der Waals surface area contributed by atoms with E-state index in [2.05, 4.69) is 0 Å². The number of rotatable bonds is 5. The van der Waals surface area contributed by atoms with E-state index in [1.54, 1.807) is 42.5 Å². The predicted molar refractivity (Wildman–Crippen MR) is 123 cm³/mol. The molecule has 32 heavy (non-hydrogen) atoms. The average molecular weight is 449 g/mol. The first-order valence-electron chi connectivity index (χ1n) is 9.66. The number of nitrogens with zero attached hydrogens (tertiary/aromatic N) is 3. The minimum atomic E-state index is -0.442. The van der Waals surface area contributed by atoms with Crippen LogP contribution in [-0.4, -0.2) is 27.7 Å². The first-order chi connectivity index (χ1) is 15.3. The zero-order valence-corrected chi connectivity index (χ0v) is 18.4. The fraction of sp³-hybridized carbons (Fsp3) is 0.130. The molecule has 0 saturated carbocycles. The van der Waals surface area contributed by atoms with Gasteiger partial charge in [0.05, 0.1) is 22.6 Å². The number of aryl methyl sites for hydroxylation is 1. The average Bonchev–Trinajstić information content (AvgIpc) is 3.22. The summed E-state index contributed by atoms with van der Waals surface area (Å²) >= 11 is 0.874. The number of thioether (sulfide) groups is 1. The van der Waals surface area contributed by atoms with Crippen molar-refractivity contribution in [3.8, 4) is 11.4 Å². The molecule has 0 aliphatic carbocycles. The zero-order valence-electron chi connectivity index (χ0n) is 17.6. The van der Waals surface area contributed by atoms with E-state index < -0.39 is 16.1 Å². The van der Waals surface area contributed by atoms with Crippen LogP contribution in [0.15, 0.2) is 59.5 Å². The first-order valence-corrected chi connectivity index (χ1v) is 10.5. The van der Waals surface area contributed by atoms with E-state index in [0.29, 0.717) is 16.3 Å². The fourth-order valence-electron chi connectivity index (χ4n) is 3.69. The second-order valence-electron chi connectivity index (χ2n) is 7.12. The maximum atomic E-state index is 13.1. The fourth-order valence-corrected chi connectivity index (χ4v) is 4.51. The molecular formula is C23H19N3O5S. The Hall–Kier alpha value is -3.85. The normalized spacial score (nSPS) is 15.0. The smallest absolute Gasteiger partial charge is 0.298 e. The number of anilines is 1. The molecule has 9 heteroatoms. The van der Waals surface area contributed by atoms with Gasteiger partial charge in [0.1, 0.15) is 5.75 Å². The quantitative estimate of drug-likeness (QED) is 0.300. The van der Waals surface area contributed by atoms with E-state index >= 15 is 0 Å². The third-order valence-electron chi connectivity index (χ3n) is 5.20. The van der Waals surface area contributed by atoms with Crippen molar-refractivity contribution >= 4 is 40.4 Å². The van der Waals surface area contributed by atoms with Crippen LogP contribution < -0.4 is 9.64 Å². The highest BCUT2D eigenvalue weighted by Gasteiger charge is 2.37. The molecule has 0 unspecified atom stereocenters. The largest absolute Gasteiger partial charge is 0.495 e. The molecular weight excluding hydrogens is 430 g/mol. The molecule has 8 nitrogen and oxygen atoms in total. The molecule has 3 aromatic rings. The second kappa shape index (κ2) is 8.35. The minimum absolute atomic E-state index is 0.0152. The maximum absolute atomic E-state index is 13.1. The van der Waals surface area contributed by atoms with Gasteiger partial charge in [0.2, 0.25) is 0 Å². The summed E-state index contributed by atoms with van der Waals surface area (Å²) in [7, 11) is 1.49. The number of nitro benzene ring substituents is 1. The number of amides is 2. The summed E-state index contributed by atoms with van der Waals surface area (Å²) < 4.78 is 7.24. The SMILES string of the molecule is COc1ccccc1N1C(=O)S/C(=C\c2cc(C)n(-c3ccc([N+](=O)[O-])cc3)c2C)C1=O. The molecule has 4 rings (SSSR count). The van der Waals surface area contributed by atoms with Gasteiger partial charge < -0.3 is 9.30 Å². The number of aromatic nitrogens is 1. The standard InChI is InChI=1S/C23H19N3O5S/c1-14-12-16(15(2)24(14)17-8-10-18(11-9-17)26(29)30)13-21-22(27)25(23(28)32-21)19-6-4-5-7-20(19)31-3/h4-13H,1-3H3/b21-13-. The van der Waals surface area contributed by atoms with Crippen LogP contribution in [0.4, 0.5) is 16.2 Å². The number of carbonyl (C=O) groups excluding carboxylic acids is 2. The number of hydrogen-bond donors (Lipinski definition) is 0. The van der Waals surface area contributed by atoms with Gasteiger partial charge in [-0.2, -0.15) is 0 Å². The molecule has 0 spiro atoms. The molecule has 1 fully saturated rings. The van der Waals surface area contributed by atoms with Crippen molar-refractivity contribution < 1.29 is 19.2 Å². The number of ether oxygens (including phenoxy) is 1. The number of hydrogen-bond acceptors (Lipinski definition) is 6. The van der Waals surface area contributed by atoms with Gasteiger partial charge in [0, 0.05) is 29.2 Å². The Balaban J connectivity index is 1.69. The molecule has 0 bridgehead atoms. The van der Waals surface area contributed by atoms with E-state index in [4.69, 9.17) is 4.74 Å². The van der Waals surface area contributed by atoms with Crippen molar-refractivity contribution in [3.63, 3.8) is 0 Å². The Morgan fingerprint density at radius 3 is 2.41 bits per heavy atom. The van der Waals surface area contributed by atoms with Crippen molar-refractivity contribution in [2.75, 3.05) is 12.0 Å². The first kappa shape index (κ1) is 21.4. The summed E-state index contributed by atoms with van der Waals surface area (Å²) in [5, 5.41) is 10.5. The van der Waals surface area contributed by atoms with Gasteiger partial charge in [-0.25, -0.2) is 4.90 Å². The summed E-state index contributed by atoms with van der Waals surface area (Å²) in [5.74, 6) is 0.0250. The number of para-hydroxylation sites is 2. The number of methoxy groups -OCH3 is 1. The van der Waals surface area contributed by atoms with Gasteiger partial charge >= 0.3 is 0 Å². The summed E-state index contributed by atoms with van der Waals surface area (Å²) in [4.78, 5) is 37.6. The van der Waals surface area contributed by atoms with Crippen LogP contribution in [-0.2, 0) is 4.79 Å². The van der Waals surface area contributed by atoms with Crippen molar-refractivity contribution in [2.45, 2.75) is 13.8 Å². The molecule has 1 saturated heterocycles. The monoisotopic (exact) mass is 449 g/mol. The molecule has 162 valence electrons. The predicted octanol–water partition coefficient (Wildman–Crippen LogP) is 5.25. The summed E-state index contributed by atoms with van der Waals surface area (Å²) in [6.07, 6.45) is 1.70. The van der Waals surface area contributed by atoms with Crippen LogP contribution in [0.25, 0.3) is 11.8 Å². The van der Waals surface area contributed by atoms with Crippen molar-refractivity contribution in [1.29, 1.82) is 0 Å². The number of nitro groups is 1. The van der Waals surface area contributed by atoms with Gasteiger partial charge in [-0.15, -0.1) is 0 Å². The molecule has 2 aromatic carbocycles. The minimum Gasteiger partial charge on any atom is -0.495 e. The Kier molecular flexibility index (Phi) is 5.58. The van der Waals surface area contributed by atoms with Crippen LogP contribution >= 0.6 is 11.8 Å². The van der Waals surface area contributed by atoms with Crippen molar-refractivity contribution in [1.82, 2.24) is 4.57 Å². The molecule has 0 N–H and O–H groups in total. The van der Waals surface area contributed by atoms with E-state index in [-0.39, 0.29) is 5.69 Å². The molecule has 1 aliphatic heterocycles. The van der Waals surface area contributed by atoms with Gasteiger partial charge in [-0.1, -0.05) is 12.1 Å². The number of benzene rings is 2. The van der Waals surface area contributed by atoms with Crippen molar-refractivity contribution in [3.05, 3.63) is 86.6 Å². The second-order valence-corrected chi connectivity index (χ2v) is 8.12. The Bertz CT molecular complexity index is 1280. The van der Waals surface area contributed by atoms with E-state index in [9.17, 15) is 19.7 Å². The highest BCUT2D eigenvalue weighted by atomic mass is 32.2. The van der Waals surface area contributed by atoms with Crippen LogP contribution in [0.1, 0.15) is 17.0 Å². The number of non-ortho nitro benzene ring substituents is 1. The lowest BCUT2D eigenvalue weighted by atomic mass is 10.2. The molecule has 0 radical (unpaired) electrons. The van der Waals surface area contributed by atoms with Gasteiger partial charge in [0.25, 0.3) is 16.8 Å². The zero-order chi connectivity index (χ0) is 23.0. The maximum Gasteiger partial charge on any atom is 0.298 e. The van der Waals surface area contributed by atoms with E-state index in [0.717, 1.165) is 39.3 Å². The van der Waals surface area contributed by atoms with Crippen LogP contribution in [0.5, 0.6) is 5.75 Å². The molecule has 0 atom stereocenters. The summed E-state index contributed by atoms with van der Waals surface area (Å²) in [6, 6.07) is 15.0. The van der Waals surface area contributed by atoms with Gasteiger partial charge in [-0.3, -0.25) is 19.7 Å². The Morgan fingerprint density at radius 2 is 1.75 bits per heavy atom.